The molecule has 1 aliphatic rings. The zero-order valence-corrected chi connectivity index (χ0v) is 19.2. The average molecular weight is 449 g/mol. The molecule has 3 aromatic rings. The number of carbonyl (C=O) groups is 1. The molecular formula is C25H28N4O4. The second-order valence-corrected chi connectivity index (χ2v) is 7.67. The third-order valence-electron chi connectivity index (χ3n) is 5.68. The minimum atomic E-state index is 0.00335. The fraction of sp³-hybridized carbons (Fsp3) is 0.320. The number of methoxy groups -OCH3 is 2. The van der Waals surface area contributed by atoms with Gasteiger partial charge in [-0.05, 0) is 48.0 Å². The van der Waals surface area contributed by atoms with E-state index in [1.807, 2.05) is 42.2 Å². The molecule has 8 nitrogen and oxygen atoms in total. The number of anilines is 1. The van der Waals surface area contributed by atoms with Crippen LogP contribution in [0.1, 0.15) is 18.4 Å². The summed E-state index contributed by atoms with van der Waals surface area (Å²) in [6, 6.07) is 13.7. The first-order valence-electron chi connectivity index (χ1n) is 11.0. The molecule has 0 radical (unpaired) electrons. The normalized spacial score (nSPS) is 14.0. The highest BCUT2D eigenvalue weighted by Crippen LogP contribution is 2.28. The number of carbonyl (C=O) groups excluding carboxylic acids is 1. The predicted molar refractivity (Wildman–Crippen MR) is 126 cm³/mol. The third kappa shape index (κ3) is 5.16. The molecule has 0 atom stereocenters. The van der Waals surface area contributed by atoms with Crippen molar-refractivity contribution in [2.75, 3.05) is 45.3 Å². The number of hydrogen-bond donors (Lipinski definition) is 0. The number of amides is 1. The molecule has 2 aromatic carbocycles. The summed E-state index contributed by atoms with van der Waals surface area (Å²) in [5.74, 6) is 2.54. The Bertz CT molecular complexity index is 1120. The van der Waals surface area contributed by atoms with Crippen LogP contribution in [0.5, 0.6) is 11.5 Å². The molecule has 0 unspecified atom stereocenters. The molecule has 8 heteroatoms. The van der Waals surface area contributed by atoms with Crippen LogP contribution in [-0.4, -0.2) is 61.3 Å². The van der Waals surface area contributed by atoms with Gasteiger partial charge in [-0.2, -0.15) is 4.98 Å². The first-order valence-corrected chi connectivity index (χ1v) is 11.0. The van der Waals surface area contributed by atoms with Gasteiger partial charge in [0.05, 0.1) is 14.2 Å². The smallest absolute Gasteiger partial charge is 0.246 e. The van der Waals surface area contributed by atoms with Crippen LogP contribution < -0.4 is 14.4 Å². The van der Waals surface area contributed by atoms with E-state index in [2.05, 4.69) is 27.2 Å². The van der Waals surface area contributed by atoms with E-state index < -0.39 is 0 Å². The maximum absolute atomic E-state index is 12.7. The van der Waals surface area contributed by atoms with Crippen molar-refractivity contribution in [1.29, 1.82) is 0 Å². The molecule has 1 saturated heterocycles. The highest BCUT2D eigenvalue weighted by molar-refractivity contribution is 5.92. The first-order chi connectivity index (χ1) is 16.1. The largest absolute Gasteiger partial charge is 0.493 e. The summed E-state index contributed by atoms with van der Waals surface area (Å²) in [6.07, 6.45) is 4.13. The van der Waals surface area contributed by atoms with Crippen molar-refractivity contribution in [2.45, 2.75) is 13.3 Å². The van der Waals surface area contributed by atoms with E-state index in [1.165, 1.54) is 0 Å². The molecule has 0 spiro atoms. The van der Waals surface area contributed by atoms with Crippen LogP contribution in [-0.2, 0) is 11.2 Å². The van der Waals surface area contributed by atoms with Crippen LogP contribution in [0.15, 0.2) is 53.1 Å². The lowest BCUT2D eigenvalue weighted by Crippen LogP contribution is -2.48. The molecule has 0 N–H and O–H groups in total. The summed E-state index contributed by atoms with van der Waals surface area (Å²) >= 11 is 0. The molecular weight excluding hydrogens is 420 g/mol. The average Bonchev–Trinajstić information content (AvgIpc) is 3.36. The first kappa shape index (κ1) is 22.4. The summed E-state index contributed by atoms with van der Waals surface area (Å²) in [7, 11) is 3.19. The van der Waals surface area contributed by atoms with Crippen LogP contribution in [0, 0.1) is 0 Å². The van der Waals surface area contributed by atoms with Gasteiger partial charge in [0.2, 0.25) is 17.6 Å². The number of rotatable bonds is 7. The number of aromatic nitrogens is 2. The number of aryl methyl sites for hydroxylation is 1. The molecule has 4 rings (SSSR count). The maximum Gasteiger partial charge on any atom is 0.246 e. The summed E-state index contributed by atoms with van der Waals surface area (Å²) in [5, 5.41) is 4.02. The predicted octanol–water partition coefficient (Wildman–Crippen LogP) is 3.68. The van der Waals surface area contributed by atoms with E-state index in [1.54, 1.807) is 26.4 Å². The van der Waals surface area contributed by atoms with Crippen molar-refractivity contribution in [3.63, 3.8) is 0 Å². The lowest BCUT2D eigenvalue weighted by Gasteiger charge is -2.35. The monoisotopic (exact) mass is 448 g/mol. The number of ether oxygens (including phenoxy) is 2. The Labute approximate surface area is 193 Å². The van der Waals surface area contributed by atoms with Crippen molar-refractivity contribution in [3.05, 3.63) is 60.0 Å². The van der Waals surface area contributed by atoms with Gasteiger partial charge in [0.1, 0.15) is 0 Å². The van der Waals surface area contributed by atoms with E-state index in [0.717, 1.165) is 36.3 Å². The molecule has 0 aliphatic carbocycles. The number of piperazine rings is 1. The maximum atomic E-state index is 12.7. The minimum absolute atomic E-state index is 0.00335. The van der Waals surface area contributed by atoms with E-state index in [-0.39, 0.29) is 5.91 Å². The SMILES string of the molecule is CCc1nc(-c2ccc(N3CCN(C(=O)C=Cc4ccc(OC)c(OC)c4)CC3)cc2)no1. The lowest BCUT2D eigenvalue weighted by atomic mass is 10.1. The fourth-order valence-electron chi connectivity index (χ4n) is 3.75. The quantitative estimate of drug-likeness (QED) is 0.510. The van der Waals surface area contributed by atoms with Crippen LogP contribution in [0.2, 0.25) is 0 Å². The summed E-state index contributed by atoms with van der Waals surface area (Å²) in [5.41, 5.74) is 2.93. The van der Waals surface area contributed by atoms with Crippen LogP contribution in [0.3, 0.4) is 0 Å². The molecule has 1 aromatic heterocycles. The Morgan fingerprint density at radius 3 is 2.39 bits per heavy atom. The van der Waals surface area contributed by atoms with Gasteiger partial charge in [-0.25, -0.2) is 0 Å². The van der Waals surface area contributed by atoms with E-state index in [4.69, 9.17) is 14.0 Å². The molecule has 1 amide bonds. The van der Waals surface area contributed by atoms with Crippen LogP contribution >= 0.6 is 0 Å². The van der Waals surface area contributed by atoms with Crippen molar-refractivity contribution >= 4 is 17.7 Å². The Morgan fingerprint density at radius 2 is 1.76 bits per heavy atom. The molecule has 1 fully saturated rings. The second kappa shape index (κ2) is 10.2. The fourth-order valence-corrected chi connectivity index (χ4v) is 3.75. The van der Waals surface area contributed by atoms with Gasteiger partial charge in [-0.15, -0.1) is 0 Å². The van der Waals surface area contributed by atoms with Crippen molar-refractivity contribution in [2.24, 2.45) is 0 Å². The van der Waals surface area contributed by atoms with Crippen LogP contribution in [0.4, 0.5) is 5.69 Å². The summed E-state index contributed by atoms with van der Waals surface area (Å²) in [6.45, 7) is 4.87. The third-order valence-corrected chi connectivity index (χ3v) is 5.68. The van der Waals surface area contributed by atoms with E-state index in [9.17, 15) is 4.79 Å². The van der Waals surface area contributed by atoms with Crippen molar-refractivity contribution in [1.82, 2.24) is 15.0 Å². The van der Waals surface area contributed by atoms with Crippen molar-refractivity contribution < 1.29 is 18.8 Å². The minimum Gasteiger partial charge on any atom is -0.493 e. The number of hydrogen-bond acceptors (Lipinski definition) is 7. The Hall–Kier alpha value is -3.81. The Morgan fingerprint density at radius 1 is 1.03 bits per heavy atom. The summed E-state index contributed by atoms with van der Waals surface area (Å²) < 4.78 is 15.8. The molecule has 1 aliphatic heterocycles. The van der Waals surface area contributed by atoms with Gasteiger partial charge in [0, 0.05) is 49.9 Å². The van der Waals surface area contributed by atoms with Gasteiger partial charge in [-0.1, -0.05) is 18.1 Å². The highest BCUT2D eigenvalue weighted by Gasteiger charge is 2.20. The Balaban J connectivity index is 1.33. The number of benzene rings is 2. The molecule has 0 saturated carbocycles. The van der Waals surface area contributed by atoms with E-state index in [0.29, 0.717) is 36.3 Å². The summed E-state index contributed by atoms with van der Waals surface area (Å²) in [4.78, 5) is 21.2. The highest BCUT2D eigenvalue weighted by atomic mass is 16.5. The molecule has 33 heavy (non-hydrogen) atoms. The van der Waals surface area contributed by atoms with Crippen LogP contribution in [0.25, 0.3) is 17.5 Å². The molecule has 0 bridgehead atoms. The van der Waals surface area contributed by atoms with Gasteiger partial charge < -0.3 is 23.8 Å². The van der Waals surface area contributed by atoms with Gasteiger partial charge in [0.15, 0.2) is 11.5 Å². The zero-order valence-electron chi connectivity index (χ0n) is 19.2. The molecule has 172 valence electrons. The second-order valence-electron chi connectivity index (χ2n) is 7.67. The van der Waals surface area contributed by atoms with Gasteiger partial charge in [-0.3, -0.25) is 4.79 Å². The Kier molecular flexibility index (Phi) is 6.92. The standard InChI is InChI=1S/C25H28N4O4/c1-4-23-26-25(27-33-23)19-7-9-20(10-8-19)28-13-15-29(16-14-28)24(30)12-6-18-5-11-21(31-2)22(17-18)32-3/h5-12,17H,4,13-16H2,1-3H3. The van der Waals surface area contributed by atoms with Gasteiger partial charge in [0.25, 0.3) is 0 Å². The van der Waals surface area contributed by atoms with Gasteiger partial charge >= 0.3 is 0 Å². The molecule has 2 heterocycles. The zero-order chi connectivity index (χ0) is 23.2. The number of nitrogens with zero attached hydrogens (tertiary/aromatic N) is 4. The van der Waals surface area contributed by atoms with Crippen molar-refractivity contribution in [3.8, 4) is 22.9 Å². The topological polar surface area (TPSA) is 80.9 Å². The van der Waals surface area contributed by atoms with E-state index >= 15 is 0 Å². The lowest BCUT2D eigenvalue weighted by molar-refractivity contribution is -0.126.